The Morgan fingerprint density at radius 1 is 1.00 bits per heavy atom. The predicted octanol–water partition coefficient (Wildman–Crippen LogP) is 5.97. The molecule has 0 saturated carbocycles. The molecular weight excluding hydrogens is 424 g/mol. The molecule has 0 aliphatic carbocycles. The number of carbonyl (C=O) groups is 1. The van der Waals surface area contributed by atoms with Crippen molar-refractivity contribution in [2.24, 2.45) is 0 Å². The zero-order chi connectivity index (χ0) is 22.7. The standard InChI is InChI=1S/C26H21ClN2O3/c1-17-4-10-22(24(27)13-17)19-5-7-20(8-6-19)29(16-18-3-2-12-28-15-18)26(32)23-11-9-21(30)14-25(23)31/h2-15,30-31H,16H2,1H3. The van der Waals surface area contributed by atoms with Gasteiger partial charge in [0.25, 0.3) is 5.91 Å². The van der Waals surface area contributed by atoms with Crippen LogP contribution in [0.1, 0.15) is 21.5 Å². The van der Waals surface area contributed by atoms with Crippen molar-refractivity contribution in [3.63, 3.8) is 0 Å². The second-order valence-electron chi connectivity index (χ2n) is 7.48. The molecule has 1 amide bonds. The second-order valence-corrected chi connectivity index (χ2v) is 7.89. The number of rotatable bonds is 5. The van der Waals surface area contributed by atoms with Crippen LogP contribution in [0.4, 0.5) is 5.69 Å². The SMILES string of the molecule is Cc1ccc(-c2ccc(N(Cc3cccnc3)C(=O)c3ccc(O)cc3O)cc2)c(Cl)c1. The van der Waals surface area contributed by atoms with Crippen LogP contribution in [0.15, 0.2) is 85.2 Å². The third-order valence-corrected chi connectivity index (χ3v) is 5.45. The molecule has 4 aromatic rings. The zero-order valence-corrected chi connectivity index (χ0v) is 18.1. The summed E-state index contributed by atoms with van der Waals surface area (Å²) in [5.74, 6) is -0.793. The van der Waals surface area contributed by atoms with Crippen molar-refractivity contribution in [3.8, 4) is 22.6 Å². The van der Waals surface area contributed by atoms with Crippen LogP contribution in [0.25, 0.3) is 11.1 Å². The number of phenols is 2. The molecule has 32 heavy (non-hydrogen) atoms. The molecule has 0 radical (unpaired) electrons. The van der Waals surface area contributed by atoms with E-state index in [9.17, 15) is 15.0 Å². The average molecular weight is 445 g/mol. The van der Waals surface area contributed by atoms with Crippen molar-refractivity contribution in [1.82, 2.24) is 4.98 Å². The van der Waals surface area contributed by atoms with Crippen molar-refractivity contribution in [2.45, 2.75) is 13.5 Å². The average Bonchev–Trinajstić information content (AvgIpc) is 2.78. The maximum absolute atomic E-state index is 13.4. The highest BCUT2D eigenvalue weighted by Gasteiger charge is 2.22. The van der Waals surface area contributed by atoms with E-state index in [-0.39, 0.29) is 23.6 Å². The third-order valence-electron chi connectivity index (χ3n) is 5.13. The Balaban J connectivity index is 1.71. The summed E-state index contributed by atoms with van der Waals surface area (Å²) < 4.78 is 0. The molecule has 0 fully saturated rings. The summed E-state index contributed by atoms with van der Waals surface area (Å²) >= 11 is 6.41. The van der Waals surface area contributed by atoms with E-state index in [2.05, 4.69) is 4.98 Å². The first kappa shape index (κ1) is 21.4. The Morgan fingerprint density at radius 3 is 2.44 bits per heavy atom. The number of phenolic OH excluding ortho intramolecular Hbond substituents is 2. The monoisotopic (exact) mass is 444 g/mol. The number of carbonyl (C=O) groups excluding carboxylic acids is 1. The van der Waals surface area contributed by atoms with Crippen LogP contribution < -0.4 is 4.90 Å². The van der Waals surface area contributed by atoms with Crippen LogP contribution in [0.2, 0.25) is 5.02 Å². The molecule has 160 valence electrons. The van der Waals surface area contributed by atoms with Crippen molar-refractivity contribution in [2.75, 3.05) is 4.90 Å². The largest absolute Gasteiger partial charge is 0.508 e. The Labute approximate surface area is 191 Å². The first-order chi connectivity index (χ1) is 15.4. The molecule has 1 heterocycles. The highest BCUT2D eigenvalue weighted by atomic mass is 35.5. The van der Waals surface area contributed by atoms with E-state index in [0.29, 0.717) is 10.7 Å². The number of anilines is 1. The molecule has 0 atom stereocenters. The van der Waals surface area contributed by atoms with Crippen LogP contribution in [-0.4, -0.2) is 21.1 Å². The van der Waals surface area contributed by atoms with E-state index in [0.717, 1.165) is 28.3 Å². The molecule has 0 unspecified atom stereocenters. The number of halogens is 1. The quantitative estimate of drug-likeness (QED) is 0.397. The number of amides is 1. The van der Waals surface area contributed by atoms with Gasteiger partial charge in [-0.25, -0.2) is 0 Å². The number of hydrogen-bond acceptors (Lipinski definition) is 4. The summed E-state index contributed by atoms with van der Waals surface area (Å²) in [6.07, 6.45) is 3.36. The lowest BCUT2D eigenvalue weighted by atomic mass is 10.0. The number of benzene rings is 3. The fourth-order valence-electron chi connectivity index (χ4n) is 3.48. The van der Waals surface area contributed by atoms with Crippen LogP contribution in [0, 0.1) is 6.92 Å². The molecule has 3 aromatic carbocycles. The number of aryl methyl sites for hydroxylation is 1. The summed E-state index contributed by atoms with van der Waals surface area (Å²) in [5, 5.41) is 20.5. The van der Waals surface area contributed by atoms with Gasteiger partial charge in [0.2, 0.25) is 0 Å². The Morgan fingerprint density at radius 2 is 1.78 bits per heavy atom. The summed E-state index contributed by atoms with van der Waals surface area (Å²) in [6, 6.07) is 21.0. The van der Waals surface area contributed by atoms with Crippen molar-refractivity contribution >= 4 is 23.2 Å². The Hall–Kier alpha value is -3.83. The van der Waals surface area contributed by atoms with E-state index in [1.54, 1.807) is 23.4 Å². The molecule has 0 saturated heterocycles. The van der Waals surface area contributed by atoms with E-state index < -0.39 is 5.91 Å². The van der Waals surface area contributed by atoms with Gasteiger partial charge in [-0.2, -0.15) is 0 Å². The first-order valence-electron chi connectivity index (χ1n) is 10.0. The lowest BCUT2D eigenvalue weighted by molar-refractivity contribution is 0.0982. The van der Waals surface area contributed by atoms with Crippen LogP contribution in [0.3, 0.4) is 0 Å². The number of hydrogen-bond donors (Lipinski definition) is 2. The van der Waals surface area contributed by atoms with E-state index in [4.69, 9.17) is 11.6 Å². The molecule has 0 aliphatic heterocycles. The fraction of sp³-hybridized carbons (Fsp3) is 0.0769. The van der Waals surface area contributed by atoms with Gasteiger partial charge in [-0.3, -0.25) is 9.78 Å². The van der Waals surface area contributed by atoms with Crippen molar-refractivity contribution < 1.29 is 15.0 Å². The molecule has 4 rings (SSSR count). The Bertz CT molecular complexity index is 1260. The van der Waals surface area contributed by atoms with Gasteiger partial charge in [-0.15, -0.1) is 0 Å². The number of pyridine rings is 1. The van der Waals surface area contributed by atoms with Crippen LogP contribution in [0.5, 0.6) is 11.5 Å². The van der Waals surface area contributed by atoms with E-state index in [1.165, 1.54) is 12.1 Å². The van der Waals surface area contributed by atoms with E-state index in [1.807, 2.05) is 55.5 Å². The van der Waals surface area contributed by atoms with Gasteiger partial charge in [0, 0.05) is 34.7 Å². The van der Waals surface area contributed by atoms with Gasteiger partial charge >= 0.3 is 0 Å². The molecule has 0 bridgehead atoms. The zero-order valence-electron chi connectivity index (χ0n) is 17.4. The molecule has 1 aromatic heterocycles. The van der Waals surface area contributed by atoms with Gasteiger partial charge in [-0.05, 0) is 60.0 Å². The smallest absolute Gasteiger partial charge is 0.262 e. The third kappa shape index (κ3) is 4.58. The lowest BCUT2D eigenvalue weighted by Gasteiger charge is -2.24. The topological polar surface area (TPSA) is 73.7 Å². The Kier molecular flexibility index (Phi) is 6.10. The van der Waals surface area contributed by atoms with Gasteiger partial charge in [0.05, 0.1) is 12.1 Å². The van der Waals surface area contributed by atoms with Crippen molar-refractivity contribution in [3.05, 3.63) is 107 Å². The van der Waals surface area contributed by atoms with Gasteiger partial charge in [0.15, 0.2) is 0 Å². The minimum Gasteiger partial charge on any atom is -0.508 e. The lowest BCUT2D eigenvalue weighted by Crippen LogP contribution is -2.30. The molecule has 2 N–H and O–H groups in total. The number of nitrogens with zero attached hydrogens (tertiary/aromatic N) is 2. The van der Waals surface area contributed by atoms with Crippen molar-refractivity contribution in [1.29, 1.82) is 0 Å². The van der Waals surface area contributed by atoms with Gasteiger partial charge in [0.1, 0.15) is 11.5 Å². The summed E-state index contributed by atoms with van der Waals surface area (Å²) in [6.45, 7) is 2.25. The van der Waals surface area contributed by atoms with Crippen LogP contribution in [-0.2, 0) is 6.54 Å². The molecule has 0 spiro atoms. The minimum absolute atomic E-state index is 0.0948. The van der Waals surface area contributed by atoms with E-state index >= 15 is 0 Å². The summed E-state index contributed by atoms with van der Waals surface area (Å²) in [7, 11) is 0. The predicted molar refractivity (Wildman–Crippen MR) is 126 cm³/mol. The molecule has 0 aliphatic rings. The highest BCUT2D eigenvalue weighted by molar-refractivity contribution is 6.33. The maximum atomic E-state index is 13.4. The first-order valence-corrected chi connectivity index (χ1v) is 10.4. The second kappa shape index (κ2) is 9.12. The summed E-state index contributed by atoms with van der Waals surface area (Å²) in [5.41, 5.74) is 4.50. The van der Waals surface area contributed by atoms with Gasteiger partial charge in [-0.1, -0.05) is 41.9 Å². The molecule has 6 heteroatoms. The molecular formula is C26H21ClN2O3. The number of aromatic nitrogens is 1. The summed E-state index contributed by atoms with van der Waals surface area (Å²) in [4.78, 5) is 19.1. The number of aromatic hydroxyl groups is 2. The minimum atomic E-state index is -0.396. The van der Waals surface area contributed by atoms with Gasteiger partial charge < -0.3 is 15.1 Å². The fourth-order valence-corrected chi connectivity index (χ4v) is 3.82. The molecule has 5 nitrogen and oxygen atoms in total. The normalized spacial score (nSPS) is 10.7. The van der Waals surface area contributed by atoms with Crippen LogP contribution >= 0.6 is 11.6 Å². The maximum Gasteiger partial charge on any atom is 0.262 e. The highest BCUT2D eigenvalue weighted by Crippen LogP contribution is 2.32.